The van der Waals surface area contributed by atoms with Crippen LogP contribution >= 0.6 is 24.0 Å². The second-order valence-electron chi connectivity index (χ2n) is 6.83. The minimum atomic E-state index is 0. The van der Waals surface area contributed by atoms with E-state index in [9.17, 15) is 0 Å². The first-order chi connectivity index (χ1) is 13.5. The van der Waals surface area contributed by atoms with Crippen LogP contribution in [-0.2, 0) is 13.1 Å². The number of aliphatic imine (C=N–C) groups is 1. The van der Waals surface area contributed by atoms with Crippen LogP contribution in [0.5, 0.6) is 5.75 Å². The van der Waals surface area contributed by atoms with E-state index >= 15 is 0 Å². The Morgan fingerprint density at radius 2 is 1.93 bits per heavy atom. The molecule has 2 heterocycles. The standard InChI is InChI=1S/C21H33N5O2.HI/c1-7-16(8-2)18-10-17(28-26-18)12-24-21(22-9-3)25-13-19-15(5)20(27-6)14(4)11-23-19;/h10-11,16H,7-9,12-13H2,1-6H3,(H2,22,24,25);1H. The zero-order valence-corrected chi connectivity index (χ0v) is 20.7. The van der Waals surface area contributed by atoms with Crippen LogP contribution in [0, 0.1) is 13.8 Å². The molecule has 0 unspecified atom stereocenters. The highest BCUT2D eigenvalue weighted by molar-refractivity contribution is 14.0. The Labute approximate surface area is 191 Å². The summed E-state index contributed by atoms with van der Waals surface area (Å²) in [7, 11) is 1.68. The molecule has 2 N–H and O–H groups in total. The van der Waals surface area contributed by atoms with Crippen LogP contribution in [0.2, 0.25) is 0 Å². The van der Waals surface area contributed by atoms with E-state index < -0.39 is 0 Å². The van der Waals surface area contributed by atoms with Gasteiger partial charge in [-0.05, 0) is 33.6 Å². The Morgan fingerprint density at radius 1 is 1.21 bits per heavy atom. The van der Waals surface area contributed by atoms with Crippen molar-refractivity contribution in [2.75, 3.05) is 13.7 Å². The average Bonchev–Trinajstić information content (AvgIpc) is 3.15. The zero-order chi connectivity index (χ0) is 20.5. The molecule has 8 heteroatoms. The molecule has 0 amide bonds. The topological polar surface area (TPSA) is 84.6 Å². The molecule has 2 aromatic heterocycles. The molecule has 0 fully saturated rings. The molecule has 2 aromatic rings. The minimum Gasteiger partial charge on any atom is -0.496 e. The third-order valence-corrected chi connectivity index (χ3v) is 4.89. The minimum absolute atomic E-state index is 0. The number of hydrogen-bond donors (Lipinski definition) is 2. The Kier molecular flexibility index (Phi) is 11.0. The fourth-order valence-electron chi connectivity index (χ4n) is 3.21. The molecule has 0 bridgehead atoms. The van der Waals surface area contributed by atoms with E-state index in [0.29, 0.717) is 25.0 Å². The summed E-state index contributed by atoms with van der Waals surface area (Å²) < 4.78 is 11.0. The summed E-state index contributed by atoms with van der Waals surface area (Å²) in [6.07, 6.45) is 3.95. The lowest BCUT2D eigenvalue weighted by atomic mass is 9.99. The van der Waals surface area contributed by atoms with Gasteiger partial charge in [0.15, 0.2) is 11.7 Å². The molecule has 2 rings (SSSR count). The number of guanidine groups is 1. The molecular formula is C21H34IN5O2. The summed E-state index contributed by atoms with van der Waals surface area (Å²) in [4.78, 5) is 9.16. The molecule has 7 nitrogen and oxygen atoms in total. The van der Waals surface area contributed by atoms with Crippen LogP contribution in [0.3, 0.4) is 0 Å². The third-order valence-electron chi connectivity index (χ3n) is 4.89. The van der Waals surface area contributed by atoms with E-state index in [2.05, 4.69) is 39.6 Å². The number of nitrogens with one attached hydrogen (secondary N) is 2. The molecule has 162 valence electrons. The number of hydrogen-bond acceptors (Lipinski definition) is 5. The van der Waals surface area contributed by atoms with Crippen LogP contribution in [0.15, 0.2) is 21.8 Å². The second kappa shape index (κ2) is 12.7. The maximum Gasteiger partial charge on any atom is 0.192 e. The first-order valence-corrected chi connectivity index (χ1v) is 10.0. The van der Waals surface area contributed by atoms with Gasteiger partial charge in [-0.25, -0.2) is 4.99 Å². The number of pyridine rings is 1. The quantitative estimate of drug-likeness (QED) is 0.291. The summed E-state index contributed by atoms with van der Waals surface area (Å²) in [5.74, 6) is 2.83. The summed E-state index contributed by atoms with van der Waals surface area (Å²) in [5.41, 5.74) is 3.97. The van der Waals surface area contributed by atoms with Crippen LogP contribution in [0.1, 0.15) is 67.8 Å². The van der Waals surface area contributed by atoms with Gasteiger partial charge >= 0.3 is 0 Å². The van der Waals surface area contributed by atoms with Crippen molar-refractivity contribution in [1.82, 2.24) is 20.8 Å². The van der Waals surface area contributed by atoms with E-state index in [0.717, 1.165) is 53.4 Å². The van der Waals surface area contributed by atoms with E-state index in [1.54, 1.807) is 7.11 Å². The molecule has 0 aromatic carbocycles. The van der Waals surface area contributed by atoms with E-state index in [-0.39, 0.29) is 24.0 Å². The normalized spacial score (nSPS) is 11.3. The van der Waals surface area contributed by atoms with Gasteiger partial charge in [0.05, 0.1) is 31.6 Å². The van der Waals surface area contributed by atoms with Gasteiger partial charge in [0.1, 0.15) is 5.75 Å². The molecule has 0 aliphatic heterocycles. The number of halogens is 1. The fraction of sp³-hybridized carbons (Fsp3) is 0.571. The van der Waals surface area contributed by atoms with Crippen molar-refractivity contribution in [3.63, 3.8) is 0 Å². The van der Waals surface area contributed by atoms with Crippen molar-refractivity contribution < 1.29 is 9.26 Å². The Morgan fingerprint density at radius 3 is 2.55 bits per heavy atom. The smallest absolute Gasteiger partial charge is 0.192 e. The highest BCUT2D eigenvalue weighted by Crippen LogP contribution is 2.24. The van der Waals surface area contributed by atoms with Gasteiger partial charge in [-0.1, -0.05) is 19.0 Å². The van der Waals surface area contributed by atoms with E-state index in [1.807, 2.05) is 33.0 Å². The predicted molar refractivity (Wildman–Crippen MR) is 127 cm³/mol. The summed E-state index contributed by atoms with van der Waals surface area (Å²) in [5, 5.41) is 10.8. The van der Waals surface area contributed by atoms with E-state index in [4.69, 9.17) is 9.26 Å². The van der Waals surface area contributed by atoms with Crippen LogP contribution in [0.25, 0.3) is 0 Å². The molecule has 0 aliphatic carbocycles. The molecule has 0 atom stereocenters. The summed E-state index contributed by atoms with van der Waals surface area (Å²) in [6, 6.07) is 2.03. The maximum atomic E-state index is 5.48. The van der Waals surface area contributed by atoms with Gasteiger partial charge in [-0.2, -0.15) is 0 Å². The zero-order valence-electron chi connectivity index (χ0n) is 18.3. The van der Waals surface area contributed by atoms with Gasteiger partial charge in [0.2, 0.25) is 0 Å². The third kappa shape index (κ3) is 6.87. The Balaban J connectivity index is 0.00000420. The first kappa shape index (κ1) is 25.2. The number of aryl methyl sites for hydroxylation is 1. The summed E-state index contributed by atoms with van der Waals surface area (Å²) in [6.45, 7) is 12.2. The molecule has 0 radical (unpaired) electrons. The van der Waals surface area contributed by atoms with Crippen molar-refractivity contribution >= 4 is 29.9 Å². The van der Waals surface area contributed by atoms with Crippen molar-refractivity contribution in [2.45, 2.75) is 66.5 Å². The largest absolute Gasteiger partial charge is 0.496 e. The van der Waals surface area contributed by atoms with Crippen molar-refractivity contribution in [2.24, 2.45) is 4.99 Å². The molecule has 0 saturated carbocycles. The van der Waals surface area contributed by atoms with Crippen molar-refractivity contribution in [1.29, 1.82) is 0 Å². The van der Waals surface area contributed by atoms with Gasteiger partial charge in [-0.15, -0.1) is 24.0 Å². The number of ether oxygens (including phenoxy) is 1. The Bertz CT molecular complexity index is 787. The van der Waals surface area contributed by atoms with Crippen LogP contribution in [0.4, 0.5) is 0 Å². The first-order valence-electron chi connectivity index (χ1n) is 10.0. The lowest BCUT2D eigenvalue weighted by Crippen LogP contribution is -2.36. The monoisotopic (exact) mass is 515 g/mol. The average molecular weight is 515 g/mol. The molecule has 0 aliphatic rings. The van der Waals surface area contributed by atoms with Crippen molar-refractivity contribution in [3.8, 4) is 5.75 Å². The predicted octanol–water partition coefficient (Wildman–Crippen LogP) is 4.47. The van der Waals surface area contributed by atoms with Crippen molar-refractivity contribution in [3.05, 3.63) is 40.5 Å². The highest BCUT2D eigenvalue weighted by Gasteiger charge is 2.13. The molecule has 29 heavy (non-hydrogen) atoms. The molecule has 0 saturated heterocycles. The number of rotatable bonds is 9. The van der Waals surface area contributed by atoms with Gasteiger partial charge < -0.3 is 19.9 Å². The Hall–Kier alpha value is -1.84. The SMILES string of the molecule is CCNC(=NCc1ncc(C)c(OC)c1C)NCc1cc(C(CC)CC)no1.I. The van der Waals surface area contributed by atoms with Crippen LogP contribution < -0.4 is 15.4 Å². The number of aromatic nitrogens is 2. The number of nitrogens with zero attached hydrogens (tertiary/aromatic N) is 3. The lowest BCUT2D eigenvalue weighted by molar-refractivity contribution is 0.368. The summed E-state index contributed by atoms with van der Waals surface area (Å²) >= 11 is 0. The number of methoxy groups -OCH3 is 1. The lowest BCUT2D eigenvalue weighted by Gasteiger charge is -2.13. The van der Waals surface area contributed by atoms with Gasteiger partial charge in [0, 0.05) is 35.9 Å². The maximum absolute atomic E-state index is 5.48. The second-order valence-corrected chi connectivity index (χ2v) is 6.83. The highest BCUT2D eigenvalue weighted by atomic mass is 127. The van der Waals surface area contributed by atoms with E-state index in [1.165, 1.54) is 0 Å². The van der Waals surface area contributed by atoms with Gasteiger partial charge in [-0.3, -0.25) is 4.98 Å². The van der Waals surface area contributed by atoms with Crippen LogP contribution in [-0.4, -0.2) is 29.8 Å². The molecule has 0 spiro atoms. The molecular weight excluding hydrogens is 481 g/mol. The van der Waals surface area contributed by atoms with Gasteiger partial charge in [0.25, 0.3) is 0 Å². The fourth-order valence-corrected chi connectivity index (χ4v) is 3.21.